The molecule has 1 aromatic carbocycles. The van der Waals surface area contributed by atoms with E-state index in [9.17, 15) is 4.79 Å². The minimum Gasteiger partial charge on any atom is -0.496 e. The second-order valence-corrected chi connectivity index (χ2v) is 6.04. The molecule has 5 nitrogen and oxygen atoms in total. The van der Waals surface area contributed by atoms with Crippen molar-refractivity contribution >= 4 is 29.9 Å². The molecule has 0 unspecified atom stereocenters. The molecule has 7 heteroatoms. The lowest BCUT2D eigenvalue weighted by molar-refractivity contribution is -0.136. The molecule has 2 N–H and O–H groups in total. The molecule has 0 bridgehead atoms. The Morgan fingerprint density at radius 1 is 1.35 bits per heavy atom. The minimum atomic E-state index is -0.453. The Kier molecular flexibility index (Phi) is 8.12. The molecule has 23 heavy (non-hydrogen) atoms. The van der Waals surface area contributed by atoms with Gasteiger partial charge in [0, 0.05) is 24.2 Å². The van der Waals surface area contributed by atoms with Crippen molar-refractivity contribution in [3.05, 3.63) is 28.8 Å². The summed E-state index contributed by atoms with van der Waals surface area (Å²) in [5.41, 5.74) is 0.413. The van der Waals surface area contributed by atoms with Gasteiger partial charge in [0.05, 0.1) is 19.1 Å². The molecule has 1 aliphatic heterocycles. The van der Waals surface area contributed by atoms with Gasteiger partial charge in [0.25, 0.3) is 0 Å². The lowest BCUT2D eigenvalue weighted by atomic mass is 9.78. The van der Waals surface area contributed by atoms with Crippen molar-refractivity contribution in [1.29, 1.82) is 0 Å². The van der Waals surface area contributed by atoms with Crippen molar-refractivity contribution in [2.24, 2.45) is 5.41 Å². The molecule has 1 saturated heterocycles. The number of amides is 1. The van der Waals surface area contributed by atoms with Crippen LogP contribution in [0.25, 0.3) is 0 Å². The van der Waals surface area contributed by atoms with E-state index in [-0.39, 0.29) is 18.3 Å². The molecule has 1 aliphatic rings. The largest absolute Gasteiger partial charge is 0.496 e. The molecule has 1 aromatic rings. The number of nitrogens with one attached hydrogen (secondary N) is 2. The van der Waals surface area contributed by atoms with E-state index in [1.807, 2.05) is 6.07 Å². The highest BCUT2D eigenvalue weighted by molar-refractivity contribution is 6.30. The Morgan fingerprint density at radius 3 is 2.65 bits per heavy atom. The highest BCUT2D eigenvalue weighted by atomic mass is 35.5. The number of carbonyl (C=O) groups excluding carboxylic acids is 1. The van der Waals surface area contributed by atoms with Crippen molar-refractivity contribution < 1.29 is 14.3 Å². The summed E-state index contributed by atoms with van der Waals surface area (Å²) in [5, 5.41) is 6.91. The number of carbonyl (C=O) groups is 1. The van der Waals surface area contributed by atoms with Gasteiger partial charge in [-0.1, -0.05) is 11.6 Å². The predicted octanol–water partition coefficient (Wildman–Crippen LogP) is 2.40. The third-order valence-corrected chi connectivity index (χ3v) is 4.38. The van der Waals surface area contributed by atoms with Gasteiger partial charge in [-0.25, -0.2) is 0 Å². The number of methoxy groups -OCH3 is 2. The molecule has 1 heterocycles. The Bertz CT molecular complexity index is 515. The van der Waals surface area contributed by atoms with Gasteiger partial charge < -0.3 is 20.1 Å². The summed E-state index contributed by atoms with van der Waals surface area (Å²) in [6.07, 6.45) is 1.55. The number of rotatable bonds is 6. The maximum absolute atomic E-state index is 12.7. The number of ether oxygens (including phenoxy) is 2. The molecule has 0 spiro atoms. The summed E-state index contributed by atoms with van der Waals surface area (Å²) in [5.74, 6) is 0.744. The van der Waals surface area contributed by atoms with Crippen molar-refractivity contribution in [3.63, 3.8) is 0 Å². The van der Waals surface area contributed by atoms with Crippen molar-refractivity contribution in [1.82, 2.24) is 10.6 Å². The quantitative estimate of drug-likeness (QED) is 0.815. The van der Waals surface area contributed by atoms with E-state index in [2.05, 4.69) is 10.6 Å². The molecule has 0 aromatic heterocycles. The average Bonchev–Trinajstić information content (AvgIpc) is 2.54. The average molecular weight is 363 g/mol. The fourth-order valence-electron chi connectivity index (χ4n) is 2.87. The van der Waals surface area contributed by atoms with Crippen LogP contribution < -0.4 is 15.4 Å². The highest BCUT2D eigenvalue weighted by Gasteiger charge is 2.39. The Morgan fingerprint density at radius 2 is 2.04 bits per heavy atom. The summed E-state index contributed by atoms with van der Waals surface area (Å²) in [6.45, 7) is 2.49. The molecule has 0 radical (unpaired) electrons. The molecule has 0 saturated carbocycles. The van der Waals surface area contributed by atoms with E-state index < -0.39 is 5.41 Å². The smallest absolute Gasteiger partial charge is 0.228 e. The minimum absolute atomic E-state index is 0. The van der Waals surface area contributed by atoms with Gasteiger partial charge in [0.1, 0.15) is 5.75 Å². The molecular formula is C16H24Cl2N2O3. The monoisotopic (exact) mass is 362 g/mol. The van der Waals surface area contributed by atoms with Crippen LogP contribution in [0.2, 0.25) is 5.02 Å². The van der Waals surface area contributed by atoms with Crippen LogP contribution in [0, 0.1) is 5.41 Å². The molecule has 130 valence electrons. The van der Waals surface area contributed by atoms with E-state index in [4.69, 9.17) is 21.1 Å². The van der Waals surface area contributed by atoms with Crippen LogP contribution in [0.5, 0.6) is 5.75 Å². The third-order valence-electron chi connectivity index (χ3n) is 4.14. The van der Waals surface area contributed by atoms with E-state index in [0.717, 1.165) is 37.2 Å². The molecular weight excluding hydrogens is 339 g/mol. The summed E-state index contributed by atoms with van der Waals surface area (Å²) in [6, 6.07) is 5.39. The van der Waals surface area contributed by atoms with Crippen LogP contribution in [0.3, 0.4) is 0 Å². The molecule has 0 atom stereocenters. The molecule has 0 aliphatic carbocycles. The van der Waals surface area contributed by atoms with Crippen molar-refractivity contribution in [2.75, 3.05) is 33.9 Å². The maximum Gasteiger partial charge on any atom is 0.228 e. The van der Waals surface area contributed by atoms with Gasteiger partial charge in [-0.2, -0.15) is 0 Å². The van der Waals surface area contributed by atoms with E-state index in [1.54, 1.807) is 26.4 Å². The highest BCUT2D eigenvalue weighted by Crippen LogP contribution is 2.30. The normalized spacial score (nSPS) is 16.3. The fourth-order valence-corrected chi connectivity index (χ4v) is 3.06. The summed E-state index contributed by atoms with van der Waals surface area (Å²) >= 11 is 6.02. The molecule has 2 rings (SSSR count). The third kappa shape index (κ3) is 4.98. The van der Waals surface area contributed by atoms with Crippen LogP contribution in [0.1, 0.15) is 18.4 Å². The SMILES string of the molecule is COCC1(C(=O)NCc2cc(Cl)ccc2OC)CCNCC1.Cl. The summed E-state index contributed by atoms with van der Waals surface area (Å²) in [4.78, 5) is 12.7. The van der Waals surface area contributed by atoms with Gasteiger partial charge in [-0.05, 0) is 44.1 Å². The predicted molar refractivity (Wildman–Crippen MR) is 93.5 cm³/mol. The van der Waals surface area contributed by atoms with Crippen LogP contribution in [0.4, 0.5) is 0 Å². The Balaban J connectivity index is 0.00000264. The summed E-state index contributed by atoms with van der Waals surface area (Å²) in [7, 11) is 3.24. The van der Waals surface area contributed by atoms with Crippen LogP contribution in [-0.4, -0.2) is 39.8 Å². The van der Waals surface area contributed by atoms with Gasteiger partial charge >= 0.3 is 0 Å². The lowest BCUT2D eigenvalue weighted by Gasteiger charge is -2.35. The maximum atomic E-state index is 12.7. The molecule has 1 amide bonds. The van der Waals surface area contributed by atoms with Gasteiger partial charge in [-0.15, -0.1) is 12.4 Å². The van der Waals surface area contributed by atoms with E-state index >= 15 is 0 Å². The first kappa shape index (κ1) is 20.0. The van der Waals surface area contributed by atoms with Crippen LogP contribution in [0.15, 0.2) is 18.2 Å². The number of halogens is 2. The van der Waals surface area contributed by atoms with Gasteiger partial charge in [-0.3, -0.25) is 4.79 Å². The van der Waals surface area contributed by atoms with E-state index in [1.165, 1.54) is 0 Å². The number of benzene rings is 1. The number of piperidine rings is 1. The topological polar surface area (TPSA) is 59.6 Å². The first-order chi connectivity index (χ1) is 10.6. The lowest BCUT2D eigenvalue weighted by Crippen LogP contribution is -2.50. The Hall–Kier alpha value is -1.01. The van der Waals surface area contributed by atoms with Gasteiger partial charge in [0.15, 0.2) is 0 Å². The fraction of sp³-hybridized carbons (Fsp3) is 0.562. The second kappa shape index (κ2) is 9.33. The van der Waals surface area contributed by atoms with Crippen molar-refractivity contribution in [2.45, 2.75) is 19.4 Å². The van der Waals surface area contributed by atoms with Crippen molar-refractivity contribution in [3.8, 4) is 5.75 Å². The number of hydrogen-bond acceptors (Lipinski definition) is 4. The molecule has 1 fully saturated rings. The zero-order chi connectivity index (χ0) is 16.0. The van der Waals surface area contributed by atoms with Crippen LogP contribution in [-0.2, 0) is 16.1 Å². The summed E-state index contributed by atoms with van der Waals surface area (Å²) < 4.78 is 10.6. The van der Waals surface area contributed by atoms with E-state index in [0.29, 0.717) is 18.2 Å². The second-order valence-electron chi connectivity index (χ2n) is 5.60. The Labute approximate surface area is 148 Å². The number of hydrogen-bond donors (Lipinski definition) is 2. The zero-order valence-electron chi connectivity index (χ0n) is 13.5. The standard InChI is InChI=1S/C16H23ClN2O3.ClH/c1-21-11-16(5-7-18-8-6-16)15(20)19-10-12-9-13(17)3-4-14(12)22-2;/h3-4,9,18H,5-8,10-11H2,1-2H3,(H,19,20);1H. The first-order valence-corrected chi connectivity index (χ1v) is 7.79. The first-order valence-electron chi connectivity index (χ1n) is 7.42. The van der Waals surface area contributed by atoms with Crippen LogP contribution >= 0.6 is 24.0 Å². The zero-order valence-corrected chi connectivity index (χ0v) is 15.1. The van der Waals surface area contributed by atoms with Gasteiger partial charge in [0.2, 0.25) is 5.91 Å².